The highest BCUT2D eigenvalue weighted by Gasteiger charge is 2.28. The zero-order valence-electron chi connectivity index (χ0n) is 14.2. The molecule has 0 aliphatic carbocycles. The van der Waals surface area contributed by atoms with Crippen molar-refractivity contribution < 1.29 is 4.79 Å². The number of carbonyl (C=O) groups excluding carboxylic acids is 1. The van der Waals surface area contributed by atoms with Crippen LogP contribution in [0, 0.1) is 13.8 Å². The number of carbonyl (C=O) groups is 1. The standard InChI is InChI=1S/C17H23N5O/c1-11-9-14(16-10-18-12(2)21(16)4)20-17(19-11)15-7-5-6-8-22(15)13(3)23/h9-10,15H,5-8H2,1-4H3/t15-/m0/s1. The zero-order chi connectivity index (χ0) is 16.6. The molecule has 2 aromatic heterocycles. The molecular weight excluding hydrogens is 290 g/mol. The maximum atomic E-state index is 11.9. The minimum atomic E-state index is -0.0192. The quantitative estimate of drug-likeness (QED) is 0.855. The molecule has 1 aliphatic rings. The first kappa shape index (κ1) is 15.6. The van der Waals surface area contributed by atoms with Gasteiger partial charge in [-0.1, -0.05) is 0 Å². The second-order valence-electron chi connectivity index (χ2n) is 6.23. The zero-order valence-corrected chi connectivity index (χ0v) is 14.2. The van der Waals surface area contributed by atoms with E-state index >= 15 is 0 Å². The van der Waals surface area contributed by atoms with Crippen molar-refractivity contribution in [1.29, 1.82) is 0 Å². The normalized spacial score (nSPS) is 18.3. The van der Waals surface area contributed by atoms with Crippen LogP contribution >= 0.6 is 0 Å². The summed E-state index contributed by atoms with van der Waals surface area (Å²) in [5, 5.41) is 0. The van der Waals surface area contributed by atoms with E-state index in [0.29, 0.717) is 0 Å². The fourth-order valence-electron chi connectivity index (χ4n) is 3.19. The van der Waals surface area contributed by atoms with Gasteiger partial charge in [0.25, 0.3) is 0 Å². The lowest BCUT2D eigenvalue weighted by molar-refractivity contribution is -0.132. The van der Waals surface area contributed by atoms with Crippen molar-refractivity contribution in [2.45, 2.75) is 46.1 Å². The Hall–Kier alpha value is -2.24. The second-order valence-corrected chi connectivity index (χ2v) is 6.23. The van der Waals surface area contributed by atoms with E-state index in [2.05, 4.69) is 9.97 Å². The molecule has 1 aliphatic heterocycles. The third-order valence-corrected chi connectivity index (χ3v) is 4.56. The van der Waals surface area contributed by atoms with E-state index in [0.717, 1.165) is 54.5 Å². The van der Waals surface area contributed by atoms with E-state index in [1.807, 2.05) is 42.6 Å². The molecule has 0 bridgehead atoms. The van der Waals surface area contributed by atoms with Gasteiger partial charge in [-0.2, -0.15) is 0 Å². The van der Waals surface area contributed by atoms with E-state index in [-0.39, 0.29) is 11.9 Å². The number of nitrogens with zero attached hydrogens (tertiary/aromatic N) is 5. The van der Waals surface area contributed by atoms with Gasteiger partial charge in [0.1, 0.15) is 5.82 Å². The Balaban J connectivity index is 2.03. The minimum absolute atomic E-state index is 0.0192. The van der Waals surface area contributed by atoms with E-state index < -0.39 is 0 Å². The number of aryl methyl sites for hydroxylation is 2. The molecule has 6 nitrogen and oxygen atoms in total. The number of hydrogen-bond donors (Lipinski definition) is 0. The first-order valence-electron chi connectivity index (χ1n) is 8.09. The maximum Gasteiger partial charge on any atom is 0.220 e. The summed E-state index contributed by atoms with van der Waals surface area (Å²) in [5.41, 5.74) is 2.75. The summed E-state index contributed by atoms with van der Waals surface area (Å²) in [4.78, 5) is 27.6. The molecule has 3 heterocycles. The molecule has 0 saturated carbocycles. The van der Waals surface area contributed by atoms with Crippen LogP contribution < -0.4 is 0 Å². The topological polar surface area (TPSA) is 63.9 Å². The van der Waals surface area contributed by atoms with E-state index in [1.54, 1.807) is 6.92 Å². The van der Waals surface area contributed by atoms with Crippen molar-refractivity contribution in [2.75, 3.05) is 6.54 Å². The fraction of sp³-hybridized carbons (Fsp3) is 0.529. The molecule has 0 radical (unpaired) electrons. The first-order valence-corrected chi connectivity index (χ1v) is 8.09. The highest BCUT2D eigenvalue weighted by atomic mass is 16.2. The third kappa shape index (κ3) is 2.98. The molecule has 23 heavy (non-hydrogen) atoms. The Bertz CT molecular complexity index is 737. The smallest absolute Gasteiger partial charge is 0.220 e. The Morgan fingerprint density at radius 2 is 2.04 bits per heavy atom. The minimum Gasteiger partial charge on any atom is -0.333 e. The summed E-state index contributed by atoms with van der Waals surface area (Å²) in [7, 11) is 1.98. The van der Waals surface area contributed by atoms with Crippen LogP contribution in [-0.4, -0.2) is 36.9 Å². The summed E-state index contributed by atoms with van der Waals surface area (Å²) >= 11 is 0. The molecule has 1 amide bonds. The maximum absolute atomic E-state index is 11.9. The van der Waals surface area contributed by atoms with Gasteiger partial charge in [-0.15, -0.1) is 0 Å². The Kier molecular flexibility index (Phi) is 4.15. The van der Waals surface area contributed by atoms with Crippen LogP contribution in [0.1, 0.15) is 49.6 Å². The van der Waals surface area contributed by atoms with Gasteiger partial charge in [-0.05, 0) is 39.2 Å². The van der Waals surface area contributed by atoms with Crippen molar-refractivity contribution in [3.05, 3.63) is 29.6 Å². The van der Waals surface area contributed by atoms with Crippen molar-refractivity contribution in [1.82, 2.24) is 24.4 Å². The van der Waals surface area contributed by atoms with Gasteiger partial charge in [-0.25, -0.2) is 15.0 Å². The summed E-state index contributed by atoms with van der Waals surface area (Å²) in [5.74, 6) is 1.78. The van der Waals surface area contributed by atoms with Crippen molar-refractivity contribution in [3.63, 3.8) is 0 Å². The molecular formula is C17H23N5O. The fourth-order valence-corrected chi connectivity index (χ4v) is 3.19. The number of aromatic nitrogens is 4. The predicted molar refractivity (Wildman–Crippen MR) is 87.7 cm³/mol. The Morgan fingerprint density at radius 1 is 1.26 bits per heavy atom. The summed E-state index contributed by atoms with van der Waals surface area (Å²) in [6.07, 6.45) is 4.92. The van der Waals surface area contributed by atoms with Crippen LogP contribution in [0.2, 0.25) is 0 Å². The van der Waals surface area contributed by atoms with Crippen LogP contribution in [0.25, 0.3) is 11.4 Å². The largest absolute Gasteiger partial charge is 0.333 e. The lowest BCUT2D eigenvalue weighted by Gasteiger charge is -2.34. The molecule has 1 fully saturated rings. The highest BCUT2D eigenvalue weighted by molar-refractivity contribution is 5.73. The summed E-state index contributed by atoms with van der Waals surface area (Å²) in [6, 6.07) is 1.95. The van der Waals surface area contributed by atoms with E-state index in [1.165, 1.54) is 0 Å². The van der Waals surface area contributed by atoms with Gasteiger partial charge in [0.05, 0.1) is 23.6 Å². The predicted octanol–water partition coefficient (Wildman–Crippen LogP) is 2.57. The molecule has 0 spiro atoms. The molecule has 0 N–H and O–H groups in total. The van der Waals surface area contributed by atoms with Gasteiger partial charge in [0.2, 0.25) is 5.91 Å². The van der Waals surface area contributed by atoms with E-state index in [4.69, 9.17) is 4.98 Å². The van der Waals surface area contributed by atoms with Crippen molar-refractivity contribution >= 4 is 5.91 Å². The highest BCUT2D eigenvalue weighted by Crippen LogP contribution is 2.30. The number of hydrogen-bond acceptors (Lipinski definition) is 4. The summed E-state index contributed by atoms with van der Waals surface area (Å²) < 4.78 is 2.02. The molecule has 0 unspecified atom stereocenters. The van der Waals surface area contributed by atoms with E-state index in [9.17, 15) is 4.79 Å². The average molecular weight is 313 g/mol. The Morgan fingerprint density at radius 3 is 2.70 bits per heavy atom. The number of piperidine rings is 1. The summed E-state index contributed by atoms with van der Waals surface area (Å²) in [6.45, 7) is 6.35. The van der Waals surface area contributed by atoms with Crippen LogP contribution in [0.4, 0.5) is 0 Å². The molecule has 122 valence electrons. The van der Waals surface area contributed by atoms with Crippen LogP contribution in [0.5, 0.6) is 0 Å². The first-order chi connectivity index (χ1) is 11.0. The van der Waals surface area contributed by atoms with Crippen LogP contribution in [0.3, 0.4) is 0 Å². The number of amides is 1. The third-order valence-electron chi connectivity index (χ3n) is 4.56. The number of likely N-dealkylation sites (tertiary alicyclic amines) is 1. The Labute approximate surface area is 136 Å². The monoisotopic (exact) mass is 313 g/mol. The number of imidazole rings is 1. The van der Waals surface area contributed by atoms with Crippen LogP contribution in [0.15, 0.2) is 12.3 Å². The van der Waals surface area contributed by atoms with Gasteiger partial charge in [-0.3, -0.25) is 4.79 Å². The van der Waals surface area contributed by atoms with Gasteiger partial charge >= 0.3 is 0 Å². The lowest BCUT2D eigenvalue weighted by atomic mass is 10.0. The average Bonchev–Trinajstić information content (AvgIpc) is 2.86. The van der Waals surface area contributed by atoms with Crippen LogP contribution in [-0.2, 0) is 11.8 Å². The van der Waals surface area contributed by atoms with Gasteiger partial charge in [0.15, 0.2) is 5.82 Å². The molecule has 1 saturated heterocycles. The van der Waals surface area contributed by atoms with Crippen molar-refractivity contribution in [3.8, 4) is 11.4 Å². The van der Waals surface area contributed by atoms with Gasteiger partial charge < -0.3 is 9.47 Å². The molecule has 0 aromatic carbocycles. The van der Waals surface area contributed by atoms with Crippen molar-refractivity contribution in [2.24, 2.45) is 7.05 Å². The lowest BCUT2D eigenvalue weighted by Crippen LogP contribution is -2.37. The molecule has 3 rings (SSSR count). The molecule has 6 heteroatoms. The molecule has 2 aromatic rings. The SMILES string of the molecule is CC(=O)N1CCCC[C@H]1c1nc(C)cc(-c2cnc(C)n2C)n1. The van der Waals surface area contributed by atoms with Gasteiger partial charge in [0, 0.05) is 26.2 Å². The second kappa shape index (κ2) is 6.10. The molecule has 1 atom stereocenters. The number of rotatable bonds is 2.